The van der Waals surface area contributed by atoms with E-state index in [1.54, 1.807) is 0 Å². The number of rotatable bonds is 5. The zero-order valence-electron chi connectivity index (χ0n) is 19.9. The molecule has 5 heteroatoms. The lowest BCUT2D eigenvalue weighted by Crippen LogP contribution is -2.52. The van der Waals surface area contributed by atoms with E-state index in [9.17, 15) is 19.0 Å². The van der Waals surface area contributed by atoms with Gasteiger partial charge in [0.2, 0.25) is 6.43 Å². The highest BCUT2D eigenvalue weighted by atomic mass is 19.3. The van der Waals surface area contributed by atoms with Crippen molar-refractivity contribution in [2.24, 2.45) is 35.0 Å². The molecule has 3 unspecified atom stereocenters. The van der Waals surface area contributed by atoms with E-state index in [-0.39, 0.29) is 11.3 Å². The topological polar surface area (TPSA) is 43.7 Å². The van der Waals surface area contributed by atoms with Gasteiger partial charge in [-0.15, -0.1) is 0 Å². The summed E-state index contributed by atoms with van der Waals surface area (Å²) in [7, 11) is 0. The second-order valence-electron chi connectivity index (χ2n) is 11.4. The van der Waals surface area contributed by atoms with Crippen molar-refractivity contribution < 1.29 is 19.0 Å². The number of likely N-dealkylation sites (tertiary alicyclic amines) is 1. The van der Waals surface area contributed by atoms with E-state index < -0.39 is 24.6 Å². The van der Waals surface area contributed by atoms with Crippen LogP contribution in [0, 0.1) is 35.0 Å². The highest BCUT2D eigenvalue weighted by molar-refractivity contribution is 5.39. The second-order valence-corrected chi connectivity index (χ2v) is 11.4. The third-order valence-electron chi connectivity index (χ3n) is 9.41. The van der Waals surface area contributed by atoms with Crippen LogP contribution in [0.5, 0.6) is 0 Å². The maximum Gasteiger partial charge on any atom is 0.243 e. The van der Waals surface area contributed by atoms with Crippen molar-refractivity contribution in [3.63, 3.8) is 0 Å². The van der Waals surface area contributed by atoms with Crippen LogP contribution in [0.2, 0.25) is 0 Å². The first kappa shape index (κ1) is 24.1. The SMILES string of the molecule is C=C1/C(=C\C=C2/CCC[C@]3(C)[C@@H]([C@H](C)CN4CC(C(F)F)C4)CC[C@@H]23)CC(O)C(C)C1O. The quantitative estimate of drug-likeness (QED) is 0.606. The van der Waals surface area contributed by atoms with Gasteiger partial charge in [-0.05, 0) is 72.8 Å². The summed E-state index contributed by atoms with van der Waals surface area (Å²) in [5.41, 5.74) is 3.48. The number of hydrogen-bond acceptors (Lipinski definition) is 3. The number of alkyl halides is 2. The summed E-state index contributed by atoms with van der Waals surface area (Å²) in [6.07, 6.45) is 7.47. The minimum absolute atomic E-state index is 0.176. The van der Waals surface area contributed by atoms with Crippen molar-refractivity contribution in [3.8, 4) is 0 Å². The van der Waals surface area contributed by atoms with Crippen LogP contribution in [-0.4, -0.2) is 53.4 Å². The van der Waals surface area contributed by atoms with E-state index in [4.69, 9.17) is 0 Å². The molecule has 4 aliphatic rings. The van der Waals surface area contributed by atoms with E-state index >= 15 is 0 Å². The molecule has 7 atom stereocenters. The van der Waals surface area contributed by atoms with Crippen molar-refractivity contribution in [1.29, 1.82) is 0 Å². The maximum atomic E-state index is 12.8. The Kier molecular flexibility index (Phi) is 7.01. The fourth-order valence-electron chi connectivity index (χ4n) is 7.31. The Morgan fingerprint density at radius 3 is 2.62 bits per heavy atom. The highest BCUT2D eigenvalue weighted by Crippen LogP contribution is 2.59. The first-order valence-electron chi connectivity index (χ1n) is 12.6. The van der Waals surface area contributed by atoms with Crippen LogP contribution in [0.25, 0.3) is 0 Å². The van der Waals surface area contributed by atoms with Gasteiger partial charge in [-0.1, -0.05) is 45.1 Å². The molecule has 0 bridgehead atoms. The van der Waals surface area contributed by atoms with Crippen molar-refractivity contribution in [2.45, 2.75) is 77.9 Å². The van der Waals surface area contributed by atoms with Gasteiger partial charge in [0.15, 0.2) is 0 Å². The van der Waals surface area contributed by atoms with Crippen LogP contribution < -0.4 is 0 Å². The molecule has 3 aliphatic carbocycles. The fraction of sp³-hybridized carbons (Fsp3) is 0.778. The summed E-state index contributed by atoms with van der Waals surface area (Å²) in [5, 5.41) is 20.7. The second kappa shape index (κ2) is 9.31. The minimum Gasteiger partial charge on any atom is -0.392 e. The van der Waals surface area contributed by atoms with Gasteiger partial charge < -0.3 is 15.1 Å². The monoisotopic (exact) mass is 449 g/mol. The van der Waals surface area contributed by atoms with Crippen molar-refractivity contribution in [2.75, 3.05) is 19.6 Å². The van der Waals surface area contributed by atoms with Crippen molar-refractivity contribution >= 4 is 0 Å². The molecule has 1 heterocycles. The summed E-state index contributed by atoms with van der Waals surface area (Å²) >= 11 is 0. The molecule has 0 aromatic rings. The zero-order chi connectivity index (χ0) is 23.2. The zero-order valence-corrected chi connectivity index (χ0v) is 19.9. The molecule has 1 aliphatic heterocycles. The molecule has 0 radical (unpaired) electrons. The van der Waals surface area contributed by atoms with Gasteiger partial charge in [0, 0.05) is 31.5 Å². The summed E-state index contributed by atoms with van der Waals surface area (Å²) < 4.78 is 25.7. The molecule has 2 N–H and O–H groups in total. The molecule has 0 amide bonds. The molecule has 4 rings (SSSR count). The minimum atomic E-state index is -2.18. The molecular weight excluding hydrogens is 408 g/mol. The number of hydrogen-bond donors (Lipinski definition) is 2. The van der Waals surface area contributed by atoms with Gasteiger partial charge >= 0.3 is 0 Å². The van der Waals surface area contributed by atoms with Gasteiger partial charge in [-0.2, -0.15) is 0 Å². The van der Waals surface area contributed by atoms with Crippen LogP contribution in [0.15, 0.2) is 35.5 Å². The molecule has 32 heavy (non-hydrogen) atoms. The Labute approximate surface area is 192 Å². The van der Waals surface area contributed by atoms with Gasteiger partial charge in [-0.3, -0.25) is 0 Å². The molecule has 0 aromatic carbocycles. The fourth-order valence-corrected chi connectivity index (χ4v) is 7.31. The lowest BCUT2D eigenvalue weighted by molar-refractivity contribution is -0.0381. The van der Waals surface area contributed by atoms with Gasteiger partial charge in [0.05, 0.1) is 12.2 Å². The summed E-state index contributed by atoms with van der Waals surface area (Å²) in [4.78, 5) is 2.22. The predicted octanol–water partition coefficient (Wildman–Crippen LogP) is 5.21. The first-order valence-corrected chi connectivity index (χ1v) is 12.6. The van der Waals surface area contributed by atoms with E-state index in [1.165, 1.54) is 31.3 Å². The molecule has 1 saturated heterocycles. The number of halogens is 2. The third-order valence-corrected chi connectivity index (χ3v) is 9.41. The smallest absolute Gasteiger partial charge is 0.243 e. The summed E-state index contributed by atoms with van der Waals surface area (Å²) in [6, 6.07) is 0. The number of fused-ring (bicyclic) bond motifs is 1. The Morgan fingerprint density at radius 2 is 1.94 bits per heavy atom. The summed E-state index contributed by atoms with van der Waals surface area (Å²) in [5.74, 6) is 1.11. The number of allylic oxidation sites excluding steroid dienone is 3. The highest BCUT2D eigenvalue weighted by Gasteiger charge is 2.51. The average molecular weight is 450 g/mol. The van der Waals surface area contributed by atoms with Crippen LogP contribution in [-0.2, 0) is 0 Å². The largest absolute Gasteiger partial charge is 0.392 e. The Hall–Kier alpha value is -1.04. The normalized spacial score (nSPS) is 42.5. The molecule has 0 aromatic heterocycles. The maximum absolute atomic E-state index is 12.8. The standard InChI is InChI=1S/C27H41F2NO2/c1-16(13-30-14-21(15-30)26(28)29)22-9-10-23-19(6-5-11-27(22,23)4)7-8-20-12-24(31)18(3)25(32)17(20)2/h7-8,16,18,21-26,31-32H,2,5-6,9-15H2,1,3-4H3/b19-7+,20-8-/t16-,18?,22-,23+,24?,25?,27-/m1/s1. The molecule has 3 nitrogen and oxygen atoms in total. The lowest BCUT2D eigenvalue weighted by Gasteiger charge is -2.47. The molecule has 0 spiro atoms. The third kappa shape index (κ3) is 4.37. The summed E-state index contributed by atoms with van der Waals surface area (Å²) in [6.45, 7) is 12.8. The van der Waals surface area contributed by atoms with E-state index in [0.29, 0.717) is 37.3 Å². The Balaban J connectivity index is 1.44. The Bertz CT molecular complexity index is 772. The lowest BCUT2D eigenvalue weighted by atomic mass is 9.61. The molecule has 4 fully saturated rings. The van der Waals surface area contributed by atoms with E-state index in [2.05, 4.69) is 37.5 Å². The van der Waals surface area contributed by atoms with Gasteiger partial charge in [-0.25, -0.2) is 8.78 Å². The van der Waals surface area contributed by atoms with Crippen molar-refractivity contribution in [1.82, 2.24) is 4.90 Å². The van der Waals surface area contributed by atoms with Gasteiger partial charge in [0.25, 0.3) is 0 Å². The predicted molar refractivity (Wildman–Crippen MR) is 124 cm³/mol. The number of aliphatic hydroxyl groups is 2. The number of aliphatic hydroxyl groups excluding tert-OH is 2. The van der Waals surface area contributed by atoms with E-state index in [1.807, 2.05) is 6.92 Å². The first-order chi connectivity index (χ1) is 15.1. The van der Waals surface area contributed by atoms with Crippen molar-refractivity contribution in [3.05, 3.63) is 35.5 Å². The van der Waals surface area contributed by atoms with Crippen LogP contribution in [0.4, 0.5) is 8.78 Å². The average Bonchev–Trinajstić information content (AvgIpc) is 3.07. The van der Waals surface area contributed by atoms with Crippen LogP contribution in [0.1, 0.15) is 59.3 Å². The van der Waals surface area contributed by atoms with Gasteiger partial charge in [0.1, 0.15) is 0 Å². The molecule has 180 valence electrons. The molecule has 3 saturated carbocycles. The van der Waals surface area contributed by atoms with Crippen LogP contribution in [0.3, 0.4) is 0 Å². The molecular formula is C27H41F2NO2. The Morgan fingerprint density at radius 1 is 1.22 bits per heavy atom. The number of nitrogens with zero attached hydrogens (tertiary/aromatic N) is 1. The van der Waals surface area contributed by atoms with E-state index in [0.717, 1.165) is 24.1 Å². The van der Waals surface area contributed by atoms with Crippen LogP contribution >= 0.6 is 0 Å².